The molecule has 10 atom stereocenters. The number of hydrogen-bond acceptors (Lipinski definition) is 18. The quantitative estimate of drug-likeness (QED) is 0.0528. The third-order valence-corrected chi connectivity index (χ3v) is 9.00. The van der Waals surface area contributed by atoms with E-state index in [-0.39, 0.29) is 33.8 Å². The van der Waals surface area contributed by atoms with E-state index in [1.807, 2.05) is 0 Å². The first-order valence-corrected chi connectivity index (χ1v) is 16.8. The molecule has 3 aromatic carbocycles. The highest BCUT2D eigenvalue weighted by atomic mass is 16.8. The first-order valence-electron chi connectivity index (χ1n) is 16.8. The van der Waals surface area contributed by atoms with Gasteiger partial charge in [0.25, 0.3) is 0 Å². The number of phenolic OH excluding ortho intramolecular Hbond substituents is 2. The van der Waals surface area contributed by atoms with Crippen LogP contribution in [0.4, 0.5) is 0 Å². The SMILES string of the molecule is COc1cc2oc(-c3ccc(O[C@H]4O[C@@H](CO)[C@@H](O)[C@H](O)[C@H]4O[C@@H]4O[C@H](CO)[C@H](O)[C@@H](O)[C@H]4O)c(O)c3)cc(=O)c2c(OC(=O)C=Cc2ccccc2)c1O. The van der Waals surface area contributed by atoms with Crippen LogP contribution in [0.25, 0.3) is 28.4 Å². The number of carbonyl (C=O) groups is 1. The van der Waals surface area contributed by atoms with E-state index < -0.39 is 103 Å². The second-order valence-corrected chi connectivity index (χ2v) is 12.6. The molecule has 55 heavy (non-hydrogen) atoms. The van der Waals surface area contributed by atoms with Crippen LogP contribution in [-0.2, 0) is 19.0 Å². The van der Waals surface area contributed by atoms with E-state index in [2.05, 4.69) is 0 Å². The Morgan fingerprint density at radius 2 is 1.47 bits per heavy atom. The molecule has 9 N–H and O–H groups in total. The predicted molar refractivity (Wildman–Crippen MR) is 186 cm³/mol. The van der Waals surface area contributed by atoms with Crippen LogP contribution >= 0.6 is 0 Å². The fraction of sp³-hybridized carbons (Fsp3) is 0.351. The van der Waals surface area contributed by atoms with Crippen LogP contribution in [0.2, 0.25) is 0 Å². The number of benzene rings is 3. The summed E-state index contributed by atoms with van der Waals surface area (Å²) in [5.74, 6) is -3.20. The molecule has 6 rings (SSSR count). The van der Waals surface area contributed by atoms with E-state index in [1.54, 1.807) is 30.3 Å². The molecule has 0 unspecified atom stereocenters. The lowest BCUT2D eigenvalue weighted by Crippen LogP contribution is -2.65. The summed E-state index contributed by atoms with van der Waals surface area (Å²) in [5, 5.41) is 93.0. The highest BCUT2D eigenvalue weighted by Gasteiger charge is 2.51. The topological polar surface area (TPSA) is 285 Å². The number of esters is 1. The number of aliphatic hydroxyl groups is 7. The molecular formula is C37H38O18. The van der Waals surface area contributed by atoms with Crippen LogP contribution in [0.15, 0.2) is 76.0 Å². The monoisotopic (exact) mass is 770 g/mol. The average Bonchev–Trinajstić information content (AvgIpc) is 3.18. The van der Waals surface area contributed by atoms with Crippen molar-refractivity contribution in [2.24, 2.45) is 0 Å². The zero-order valence-corrected chi connectivity index (χ0v) is 28.8. The number of aliphatic hydroxyl groups excluding tert-OH is 7. The summed E-state index contributed by atoms with van der Waals surface area (Å²) in [6.45, 7) is -1.57. The Labute approximate surface area is 310 Å². The maximum absolute atomic E-state index is 13.5. The van der Waals surface area contributed by atoms with Crippen molar-refractivity contribution in [3.63, 3.8) is 0 Å². The van der Waals surface area contributed by atoms with Gasteiger partial charge in [0.2, 0.25) is 12.0 Å². The third kappa shape index (κ3) is 8.14. The zero-order chi connectivity index (χ0) is 39.6. The Hall–Kier alpha value is -5.12. The minimum absolute atomic E-state index is 0.0926. The molecule has 2 aliphatic rings. The largest absolute Gasteiger partial charge is 0.504 e. The molecule has 2 saturated heterocycles. The molecule has 3 heterocycles. The molecule has 2 fully saturated rings. The summed E-state index contributed by atoms with van der Waals surface area (Å²) in [4.78, 5) is 26.2. The molecule has 0 bridgehead atoms. The van der Waals surface area contributed by atoms with Crippen molar-refractivity contribution >= 4 is 23.0 Å². The van der Waals surface area contributed by atoms with E-state index in [0.29, 0.717) is 5.56 Å². The second-order valence-electron chi connectivity index (χ2n) is 12.6. The van der Waals surface area contributed by atoms with Gasteiger partial charge in [-0.2, -0.15) is 0 Å². The Morgan fingerprint density at radius 3 is 2.13 bits per heavy atom. The number of fused-ring (bicyclic) bond motifs is 1. The molecular weight excluding hydrogens is 732 g/mol. The van der Waals surface area contributed by atoms with Crippen molar-refractivity contribution in [3.05, 3.63) is 82.5 Å². The van der Waals surface area contributed by atoms with Gasteiger partial charge in [0.1, 0.15) is 59.5 Å². The van der Waals surface area contributed by atoms with Crippen molar-refractivity contribution in [3.8, 4) is 40.1 Å². The molecule has 0 spiro atoms. The number of phenols is 2. The van der Waals surface area contributed by atoms with E-state index in [4.69, 9.17) is 32.8 Å². The van der Waals surface area contributed by atoms with Crippen LogP contribution in [-0.4, -0.2) is 134 Å². The minimum atomic E-state index is -1.90. The van der Waals surface area contributed by atoms with Gasteiger partial charge in [0.05, 0.1) is 20.3 Å². The fourth-order valence-corrected chi connectivity index (χ4v) is 6.04. The van der Waals surface area contributed by atoms with E-state index in [1.165, 1.54) is 31.4 Å². The number of ether oxygens (including phenoxy) is 6. The number of methoxy groups -OCH3 is 1. The average molecular weight is 771 g/mol. The Bertz CT molecular complexity index is 2060. The lowest BCUT2D eigenvalue weighted by atomic mass is 9.97. The normalized spacial score (nSPS) is 28.3. The van der Waals surface area contributed by atoms with Crippen LogP contribution < -0.4 is 19.6 Å². The maximum Gasteiger partial charge on any atom is 0.336 e. The number of rotatable bonds is 11. The van der Waals surface area contributed by atoms with Crippen LogP contribution in [0.5, 0.6) is 28.7 Å². The lowest BCUT2D eigenvalue weighted by molar-refractivity contribution is -0.358. The van der Waals surface area contributed by atoms with Crippen molar-refractivity contribution < 1.29 is 83.6 Å². The Kier molecular flexibility index (Phi) is 12.0. The Balaban J connectivity index is 1.27. The van der Waals surface area contributed by atoms with Gasteiger partial charge in [-0.1, -0.05) is 30.3 Å². The smallest absolute Gasteiger partial charge is 0.336 e. The summed E-state index contributed by atoms with van der Waals surface area (Å²) >= 11 is 0. The second kappa shape index (κ2) is 16.7. The molecule has 2 aliphatic heterocycles. The molecule has 4 aromatic rings. The van der Waals surface area contributed by atoms with Gasteiger partial charge >= 0.3 is 5.97 Å². The molecule has 294 valence electrons. The van der Waals surface area contributed by atoms with Crippen molar-refractivity contribution in [1.29, 1.82) is 0 Å². The minimum Gasteiger partial charge on any atom is -0.504 e. The highest BCUT2D eigenvalue weighted by Crippen LogP contribution is 2.43. The molecule has 0 amide bonds. The third-order valence-electron chi connectivity index (χ3n) is 9.00. The number of hydrogen-bond donors (Lipinski definition) is 9. The summed E-state index contributed by atoms with van der Waals surface area (Å²) in [6, 6.07) is 14.8. The molecule has 0 saturated carbocycles. The molecule has 0 aliphatic carbocycles. The fourth-order valence-electron chi connectivity index (χ4n) is 6.04. The summed E-state index contributed by atoms with van der Waals surface area (Å²) < 4.78 is 38.9. The Morgan fingerprint density at radius 1 is 0.800 bits per heavy atom. The van der Waals surface area contributed by atoms with Gasteiger partial charge in [-0.3, -0.25) is 4.79 Å². The zero-order valence-electron chi connectivity index (χ0n) is 28.8. The summed E-state index contributed by atoms with van der Waals surface area (Å²) in [6.07, 6.45) is -14.5. The first kappa shape index (κ1) is 39.6. The molecule has 0 radical (unpaired) electrons. The van der Waals surface area contributed by atoms with Crippen LogP contribution in [0, 0.1) is 0 Å². The van der Waals surface area contributed by atoms with E-state index in [9.17, 15) is 55.5 Å². The van der Waals surface area contributed by atoms with Gasteiger partial charge < -0.3 is 78.8 Å². The molecule has 1 aromatic heterocycles. The van der Waals surface area contributed by atoms with Crippen molar-refractivity contribution in [2.45, 2.75) is 61.4 Å². The standard InChI is InChI=1S/C37H38O18/c1-49-23-13-22-27(34(30(23)45)54-26(42)10-7-16-5-3-2-4-6-16)19(41)12-21(50-22)17-8-9-20(18(40)11-17)51-37-35(32(47)29(44)25(15-39)53-37)55-36-33(48)31(46)28(43)24(14-38)52-36/h2-13,24-25,28-29,31-33,35-40,43-48H,14-15H2,1H3/t24-,25+,28+,29-,31-,32+,33-,35-,36+,37+/m1/s1. The van der Waals surface area contributed by atoms with Crippen molar-refractivity contribution in [1.82, 2.24) is 0 Å². The maximum atomic E-state index is 13.5. The number of carbonyl (C=O) groups excluding carboxylic acids is 1. The van der Waals surface area contributed by atoms with E-state index >= 15 is 0 Å². The van der Waals surface area contributed by atoms with Crippen LogP contribution in [0.3, 0.4) is 0 Å². The lowest BCUT2D eigenvalue weighted by Gasteiger charge is -2.45. The van der Waals surface area contributed by atoms with Crippen molar-refractivity contribution in [2.75, 3.05) is 20.3 Å². The molecule has 18 nitrogen and oxygen atoms in total. The predicted octanol–water partition coefficient (Wildman–Crippen LogP) is -0.499. The molecule has 18 heteroatoms. The van der Waals surface area contributed by atoms with Gasteiger partial charge in [-0.15, -0.1) is 0 Å². The highest BCUT2D eigenvalue weighted by molar-refractivity contribution is 5.95. The first-order chi connectivity index (χ1) is 26.3. The summed E-state index contributed by atoms with van der Waals surface area (Å²) in [7, 11) is 1.23. The summed E-state index contributed by atoms with van der Waals surface area (Å²) in [5.41, 5.74) is -0.0720. The van der Waals surface area contributed by atoms with Gasteiger partial charge in [0.15, 0.2) is 40.8 Å². The number of aromatic hydroxyl groups is 2. The van der Waals surface area contributed by atoms with Gasteiger partial charge in [0, 0.05) is 23.8 Å². The van der Waals surface area contributed by atoms with Crippen LogP contribution in [0.1, 0.15) is 5.56 Å². The van der Waals surface area contributed by atoms with Gasteiger partial charge in [-0.25, -0.2) is 4.79 Å². The van der Waals surface area contributed by atoms with Gasteiger partial charge in [-0.05, 0) is 29.8 Å². The van der Waals surface area contributed by atoms with E-state index in [0.717, 1.165) is 18.2 Å².